The van der Waals surface area contributed by atoms with Crippen molar-refractivity contribution in [1.29, 1.82) is 0 Å². The number of hydrogen-bond donors (Lipinski definition) is 1. The minimum atomic E-state index is -0.460. The van der Waals surface area contributed by atoms with Crippen LogP contribution in [0.2, 0.25) is 0 Å². The highest BCUT2D eigenvalue weighted by Gasteiger charge is 2.45. The Bertz CT molecular complexity index is 438. The van der Waals surface area contributed by atoms with Crippen LogP contribution in [-0.4, -0.2) is 19.0 Å². The summed E-state index contributed by atoms with van der Waals surface area (Å²) in [5, 5.41) is 0. The number of amides is 1. The van der Waals surface area contributed by atoms with Crippen LogP contribution in [0, 0.1) is 11.2 Å². The van der Waals surface area contributed by atoms with Crippen LogP contribution in [0.5, 0.6) is 0 Å². The molecule has 98 valence electrons. The predicted molar refractivity (Wildman–Crippen MR) is 69.8 cm³/mol. The molecule has 1 aliphatic rings. The molecule has 1 aromatic rings. The molecule has 1 amide bonds. The Morgan fingerprint density at radius 2 is 2.11 bits per heavy atom. The molecular weight excluding hydrogens is 231 g/mol. The van der Waals surface area contributed by atoms with Crippen molar-refractivity contribution in [2.45, 2.75) is 26.2 Å². The van der Waals surface area contributed by atoms with Gasteiger partial charge in [-0.2, -0.15) is 0 Å². The van der Waals surface area contributed by atoms with Gasteiger partial charge in [0.25, 0.3) is 0 Å². The SMILES string of the molecule is CCN(C(=O)C1(CN)CCC1)c1ccccc1F. The first-order valence-corrected chi connectivity index (χ1v) is 6.41. The van der Waals surface area contributed by atoms with Gasteiger partial charge < -0.3 is 10.6 Å². The molecule has 3 nitrogen and oxygen atoms in total. The van der Waals surface area contributed by atoms with Crippen molar-refractivity contribution in [3.8, 4) is 0 Å². The number of carbonyl (C=O) groups excluding carboxylic acids is 1. The van der Waals surface area contributed by atoms with Crippen molar-refractivity contribution in [3.05, 3.63) is 30.1 Å². The molecule has 0 saturated heterocycles. The summed E-state index contributed by atoms with van der Waals surface area (Å²) >= 11 is 0. The van der Waals surface area contributed by atoms with E-state index in [1.807, 2.05) is 6.92 Å². The summed E-state index contributed by atoms with van der Waals surface area (Å²) in [5.74, 6) is -0.400. The lowest BCUT2D eigenvalue weighted by atomic mass is 9.67. The molecule has 0 aliphatic heterocycles. The number of nitrogens with zero attached hydrogens (tertiary/aromatic N) is 1. The molecule has 2 rings (SSSR count). The standard InChI is InChI=1S/C14H19FN2O/c1-2-17(12-7-4-3-6-11(12)15)13(18)14(10-16)8-5-9-14/h3-4,6-7H,2,5,8-10,16H2,1H3. The molecule has 0 radical (unpaired) electrons. The fourth-order valence-electron chi connectivity index (χ4n) is 2.49. The zero-order chi connectivity index (χ0) is 13.2. The maximum Gasteiger partial charge on any atom is 0.234 e. The Hall–Kier alpha value is -1.42. The first-order chi connectivity index (χ1) is 8.64. The summed E-state index contributed by atoms with van der Waals surface area (Å²) in [6.45, 7) is 2.66. The van der Waals surface area contributed by atoms with Gasteiger partial charge in [0.2, 0.25) is 5.91 Å². The summed E-state index contributed by atoms with van der Waals surface area (Å²) in [7, 11) is 0. The minimum absolute atomic E-state index is 0.0381. The summed E-state index contributed by atoms with van der Waals surface area (Å²) in [4.78, 5) is 14.1. The molecule has 0 bridgehead atoms. The Balaban J connectivity index is 2.29. The van der Waals surface area contributed by atoms with Crippen LogP contribution >= 0.6 is 0 Å². The molecule has 0 atom stereocenters. The highest BCUT2D eigenvalue weighted by Crippen LogP contribution is 2.42. The van der Waals surface area contributed by atoms with Gasteiger partial charge in [0.05, 0.1) is 11.1 Å². The lowest BCUT2D eigenvalue weighted by Crippen LogP contribution is -2.52. The zero-order valence-electron chi connectivity index (χ0n) is 10.7. The quantitative estimate of drug-likeness (QED) is 0.891. The third-order valence-corrected chi connectivity index (χ3v) is 3.86. The second kappa shape index (κ2) is 5.06. The lowest BCUT2D eigenvalue weighted by Gasteiger charge is -2.42. The Morgan fingerprint density at radius 3 is 2.56 bits per heavy atom. The fourth-order valence-corrected chi connectivity index (χ4v) is 2.49. The van der Waals surface area contributed by atoms with E-state index in [4.69, 9.17) is 5.73 Å². The Labute approximate surface area is 107 Å². The van der Waals surface area contributed by atoms with Crippen LogP contribution in [0.1, 0.15) is 26.2 Å². The molecule has 18 heavy (non-hydrogen) atoms. The highest BCUT2D eigenvalue weighted by atomic mass is 19.1. The molecule has 1 saturated carbocycles. The molecule has 1 fully saturated rings. The van der Waals surface area contributed by atoms with Crippen molar-refractivity contribution >= 4 is 11.6 Å². The van der Waals surface area contributed by atoms with Crippen LogP contribution in [0.3, 0.4) is 0 Å². The summed E-state index contributed by atoms with van der Waals surface area (Å²) in [5.41, 5.74) is 5.63. The molecule has 0 spiro atoms. The molecular formula is C14H19FN2O. The highest BCUT2D eigenvalue weighted by molar-refractivity contribution is 5.98. The maximum absolute atomic E-state index is 13.8. The van der Waals surface area contributed by atoms with Gasteiger partial charge in [-0.05, 0) is 31.9 Å². The van der Waals surface area contributed by atoms with Gasteiger partial charge in [-0.1, -0.05) is 18.6 Å². The van der Waals surface area contributed by atoms with Gasteiger partial charge in [0, 0.05) is 13.1 Å². The van der Waals surface area contributed by atoms with E-state index in [1.165, 1.54) is 11.0 Å². The monoisotopic (exact) mass is 250 g/mol. The third kappa shape index (κ3) is 2.01. The first kappa shape index (κ1) is 13.0. The average Bonchev–Trinajstić information content (AvgIpc) is 2.32. The van der Waals surface area contributed by atoms with E-state index in [9.17, 15) is 9.18 Å². The molecule has 1 aliphatic carbocycles. The third-order valence-electron chi connectivity index (χ3n) is 3.86. The molecule has 0 heterocycles. The van der Waals surface area contributed by atoms with Crippen LogP contribution in [0.15, 0.2) is 24.3 Å². The zero-order valence-corrected chi connectivity index (χ0v) is 10.7. The van der Waals surface area contributed by atoms with Gasteiger partial charge in [0.1, 0.15) is 5.82 Å². The van der Waals surface area contributed by atoms with E-state index < -0.39 is 5.41 Å². The van der Waals surface area contributed by atoms with Crippen LogP contribution in [0.25, 0.3) is 0 Å². The molecule has 0 aromatic heterocycles. The van der Waals surface area contributed by atoms with Crippen molar-refractivity contribution in [1.82, 2.24) is 0 Å². The average molecular weight is 250 g/mol. The number of nitrogens with two attached hydrogens (primary N) is 1. The summed E-state index contributed by atoms with van der Waals surface area (Å²) in [6, 6.07) is 6.38. The van der Waals surface area contributed by atoms with E-state index in [2.05, 4.69) is 0 Å². The van der Waals surface area contributed by atoms with Crippen LogP contribution in [-0.2, 0) is 4.79 Å². The van der Waals surface area contributed by atoms with Gasteiger partial charge in [0.15, 0.2) is 0 Å². The number of anilines is 1. The van der Waals surface area contributed by atoms with E-state index >= 15 is 0 Å². The largest absolute Gasteiger partial charge is 0.329 e. The van der Waals surface area contributed by atoms with E-state index in [0.717, 1.165) is 19.3 Å². The predicted octanol–water partition coefficient (Wildman–Crippen LogP) is 2.31. The number of rotatable bonds is 4. The van der Waals surface area contributed by atoms with Crippen LogP contribution in [0.4, 0.5) is 10.1 Å². The summed E-state index contributed by atoms with van der Waals surface area (Å²) < 4.78 is 13.8. The number of halogens is 1. The van der Waals surface area contributed by atoms with Crippen molar-refractivity contribution in [3.63, 3.8) is 0 Å². The lowest BCUT2D eigenvalue weighted by molar-refractivity contribution is -0.132. The second-order valence-corrected chi connectivity index (χ2v) is 4.84. The fraction of sp³-hybridized carbons (Fsp3) is 0.500. The van der Waals surface area contributed by atoms with E-state index in [1.54, 1.807) is 18.2 Å². The molecule has 4 heteroatoms. The number of benzene rings is 1. The number of hydrogen-bond acceptors (Lipinski definition) is 2. The first-order valence-electron chi connectivity index (χ1n) is 6.41. The van der Waals surface area contributed by atoms with Crippen molar-refractivity contribution in [2.24, 2.45) is 11.1 Å². The second-order valence-electron chi connectivity index (χ2n) is 4.84. The summed E-state index contributed by atoms with van der Waals surface area (Å²) in [6.07, 6.45) is 2.65. The van der Waals surface area contributed by atoms with Gasteiger partial charge >= 0.3 is 0 Å². The van der Waals surface area contributed by atoms with Gasteiger partial charge in [-0.15, -0.1) is 0 Å². The molecule has 1 aromatic carbocycles. The van der Waals surface area contributed by atoms with Gasteiger partial charge in [-0.25, -0.2) is 4.39 Å². The number of carbonyl (C=O) groups is 1. The van der Waals surface area contributed by atoms with E-state index in [-0.39, 0.29) is 11.7 Å². The maximum atomic E-state index is 13.8. The molecule has 2 N–H and O–H groups in total. The normalized spacial score (nSPS) is 17.1. The topological polar surface area (TPSA) is 46.3 Å². The van der Waals surface area contributed by atoms with E-state index in [0.29, 0.717) is 18.8 Å². The van der Waals surface area contributed by atoms with Crippen LogP contribution < -0.4 is 10.6 Å². The minimum Gasteiger partial charge on any atom is -0.329 e. The van der Waals surface area contributed by atoms with Crippen molar-refractivity contribution < 1.29 is 9.18 Å². The Morgan fingerprint density at radius 1 is 1.44 bits per heavy atom. The Kier molecular flexibility index (Phi) is 3.66. The smallest absolute Gasteiger partial charge is 0.234 e. The van der Waals surface area contributed by atoms with Crippen molar-refractivity contribution in [2.75, 3.05) is 18.0 Å². The number of para-hydroxylation sites is 1. The molecule has 0 unspecified atom stereocenters. The van der Waals surface area contributed by atoms with Gasteiger partial charge in [-0.3, -0.25) is 4.79 Å².